The normalized spacial score (nSPS) is 15.7. The zero-order valence-electron chi connectivity index (χ0n) is 4.57. The predicted octanol–water partition coefficient (Wildman–Crippen LogP) is 1.92. The Kier molecular flexibility index (Phi) is 3.76. The molecule has 9 heavy (non-hydrogen) atoms. The molecule has 0 aromatic heterocycles. The first-order valence-corrected chi connectivity index (χ1v) is 4.75. The van der Waals surface area contributed by atoms with E-state index in [1.807, 2.05) is 0 Å². The van der Waals surface area contributed by atoms with E-state index in [1.54, 1.807) is 0 Å². The minimum atomic E-state index is -4.36. The Morgan fingerprint density at radius 3 is 2.11 bits per heavy atom. The van der Waals surface area contributed by atoms with E-state index in [9.17, 15) is 17.7 Å². The van der Waals surface area contributed by atoms with Gasteiger partial charge in [0.2, 0.25) is 10.8 Å². The van der Waals surface area contributed by atoms with Crippen LogP contribution in [0.4, 0.5) is 13.2 Å². The van der Waals surface area contributed by atoms with Crippen molar-refractivity contribution in [2.45, 2.75) is 12.4 Å². The molecule has 1 unspecified atom stereocenters. The van der Waals surface area contributed by atoms with E-state index in [1.165, 1.54) is 6.92 Å². The van der Waals surface area contributed by atoms with Gasteiger partial charge in [-0.25, -0.2) is 0 Å². The number of alkyl halides is 3. The lowest BCUT2D eigenvalue weighted by atomic mass is 11.0. The van der Waals surface area contributed by atoms with Gasteiger partial charge in [-0.1, -0.05) is 0 Å². The average Bonchev–Trinajstić information content (AvgIpc) is 1.62. The third-order valence-electron chi connectivity index (χ3n) is 0.423. The fraction of sp³-hybridized carbons (Fsp3) is 1.00. The van der Waals surface area contributed by atoms with E-state index >= 15 is 0 Å². The maximum Gasteiger partial charge on any atom is 0.491 e. The van der Waals surface area contributed by atoms with Crippen LogP contribution in [0.2, 0.25) is 0 Å². The van der Waals surface area contributed by atoms with Crippen LogP contribution in [0.1, 0.15) is 6.92 Å². The van der Waals surface area contributed by atoms with E-state index in [4.69, 9.17) is 0 Å². The molecular formula is C3H5F3OS2. The lowest BCUT2D eigenvalue weighted by Gasteiger charge is -2.06. The highest BCUT2D eigenvalue weighted by Crippen LogP contribution is 2.34. The van der Waals surface area contributed by atoms with E-state index in [2.05, 4.69) is 0 Å². The third kappa shape index (κ3) is 6.33. The van der Waals surface area contributed by atoms with Crippen LogP contribution in [0.3, 0.4) is 0 Å². The minimum absolute atomic E-state index is 0.0319. The molecule has 0 aliphatic carbocycles. The van der Waals surface area contributed by atoms with Gasteiger partial charge in [0, 0.05) is 10.2 Å². The Hall–Kier alpha value is 0.450. The summed E-state index contributed by atoms with van der Waals surface area (Å²) in [6.45, 7) is 1.44. The average molecular weight is 178 g/mol. The van der Waals surface area contributed by atoms with Crippen LogP contribution in [-0.4, -0.2) is 15.8 Å². The second kappa shape index (κ2) is 3.58. The summed E-state index contributed by atoms with van der Waals surface area (Å²) < 4.78 is 44.0. The zero-order chi connectivity index (χ0) is 7.49. The van der Waals surface area contributed by atoms with Crippen molar-refractivity contribution in [3.8, 4) is 0 Å². The summed E-state index contributed by atoms with van der Waals surface area (Å²) in [5.41, 5.74) is -4.36. The smallest absolute Gasteiger partial charge is 0.491 e. The van der Waals surface area contributed by atoms with Gasteiger partial charge in [0.25, 0.3) is 0 Å². The van der Waals surface area contributed by atoms with Gasteiger partial charge in [-0.05, 0) is 6.92 Å². The first-order valence-electron chi connectivity index (χ1n) is 2.10. The fourth-order valence-electron chi connectivity index (χ4n) is 0.164. The van der Waals surface area contributed by atoms with Gasteiger partial charge in [-0.2, -0.15) is 13.2 Å². The highest BCUT2D eigenvalue weighted by molar-refractivity contribution is 8.72. The van der Waals surface area contributed by atoms with Crippen molar-refractivity contribution in [2.24, 2.45) is 0 Å². The molecule has 0 fully saturated rings. The Labute approximate surface area is 57.6 Å². The molecule has 0 radical (unpaired) electrons. The van der Waals surface area contributed by atoms with Gasteiger partial charge in [-0.15, -0.1) is 0 Å². The Morgan fingerprint density at radius 2 is 2.00 bits per heavy atom. The highest BCUT2D eigenvalue weighted by Gasteiger charge is 2.37. The first-order chi connectivity index (χ1) is 3.95. The van der Waals surface area contributed by atoms with Crippen LogP contribution in [0.5, 0.6) is 0 Å². The molecule has 0 N–H and O–H groups in total. The van der Waals surface area contributed by atoms with Crippen molar-refractivity contribution >= 4 is 21.0 Å². The molecule has 0 amide bonds. The molecule has 0 rings (SSSR count). The second-order valence-corrected chi connectivity index (χ2v) is 4.55. The molecule has 0 aliphatic rings. The van der Waals surface area contributed by atoms with Crippen LogP contribution in [0, 0.1) is 0 Å². The van der Waals surface area contributed by atoms with E-state index in [0.29, 0.717) is 0 Å². The largest absolute Gasteiger partial charge is 0.605 e. The number of hydrogen-bond acceptors (Lipinski definition) is 2. The van der Waals surface area contributed by atoms with Crippen LogP contribution in [0.25, 0.3) is 0 Å². The highest BCUT2D eigenvalue weighted by atomic mass is 33.1. The predicted molar refractivity (Wildman–Crippen MR) is 32.3 cm³/mol. The van der Waals surface area contributed by atoms with Gasteiger partial charge in [0.1, 0.15) is 5.75 Å². The van der Waals surface area contributed by atoms with Gasteiger partial charge >= 0.3 is 5.51 Å². The fourth-order valence-corrected chi connectivity index (χ4v) is 1.48. The summed E-state index contributed by atoms with van der Waals surface area (Å²) in [5.74, 6) is 0.0319. The summed E-state index contributed by atoms with van der Waals surface area (Å²) in [5, 5.41) is 0. The molecule has 0 aromatic rings. The molecule has 0 saturated carbocycles. The van der Waals surface area contributed by atoms with Crippen molar-refractivity contribution in [1.82, 2.24) is 0 Å². The van der Waals surface area contributed by atoms with Crippen molar-refractivity contribution in [3.63, 3.8) is 0 Å². The molecule has 1 atom stereocenters. The van der Waals surface area contributed by atoms with Crippen LogP contribution < -0.4 is 0 Å². The van der Waals surface area contributed by atoms with E-state index in [0.717, 1.165) is 0 Å². The maximum atomic E-state index is 11.3. The van der Waals surface area contributed by atoms with Crippen molar-refractivity contribution < 1.29 is 17.7 Å². The Morgan fingerprint density at radius 1 is 1.56 bits per heavy atom. The second-order valence-electron chi connectivity index (χ2n) is 1.12. The third-order valence-corrected chi connectivity index (χ3v) is 3.10. The number of rotatable bonds is 2. The van der Waals surface area contributed by atoms with Gasteiger partial charge in [0.15, 0.2) is 0 Å². The van der Waals surface area contributed by atoms with Gasteiger partial charge in [0.05, 0.1) is 0 Å². The molecule has 0 heterocycles. The van der Waals surface area contributed by atoms with E-state index < -0.39 is 26.5 Å². The van der Waals surface area contributed by atoms with Crippen LogP contribution in [-0.2, 0) is 10.2 Å². The summed E-state index contributed by atoms with van der Waals surface area (Å²) >= 11 is 0. The van der Waals surface area contributed by atoms with Crippen molar-refractivity contribution in [1.29, 1.82) is 0 Å². The molecule has 1 nitrogen and oxygen atoms in total. The standard InChI is InChI=1S/C3H5F3OS2/c1-2-9(7)8-3(4,5)6/h2H2,1H3. The van der Waals surface area contributed by atoms with Gasteiger partial charge in [-0.3, -0.25) is 0 Å². The topological polar surface area (TPSA) is 23.1 Å². The number of hydrogen-bond donors (Lipinski definition) is 0. The van der Waals surface area contributed by atoms with Crippen molar-refractivity contribution in [2.75, 3.05) is 5.75 Å². The minimum Gasteiger partial charge on any atom is -0.605 e. The molecule has 0 aromatic carbocycles. The van der Waals surface area contributed by atoms with Crippen LogP contribution in [0.15, 0.2) is 0 Å². The summed E-state index contributed by atoms with van der Waals surface area (Å²) in [7, 11) is -2.28. The SMILES string of the molecule is CC[S+]([O-])SC(F)(F)F. The lowest BCUT2D eigenvalue weighted by Crippen LogP contribution is -2.08. The van der Waals surface area contributed by atoms with Crippen molar-refractivity contribution in [3.05, 3.63) is 0 Å². The molecule has 0 aliphatic heterocycles. The number of halogens is 3. The Balaban J connectivity index is 3.47. The molecule has 56 valence electrons. The lowest BCUT2D eigenvalue weighted by molar-refractivity contribution is -0.0312. The van der Waals surface area contributed by atoms with E-state index in [-0.39, 0.29) is 5.75 Å². The zero-order valence-corrected chi connectivity index (χ0v) is 6.20. The summed E-state index contributed by atoms with van der Waals surface area (Å²) in [4.78, 5) is 0. The Bertz CT molecular complexity index is 83.6. The quantitative estimate of drug-likeness (QED) is 0.476. The monoisotopic (exact) mass is 178 g/mol. The van der Waals surface area contributed by atoms with Gasteiger partial charge < -0.3 is 4.55 Å². The summed E-state index contributed by atoms with van der Waals surface area (Å²) in [6.07, 6.45) is 0. The maximum absolute atomic E-state index is 11.3. The van der Waals surface area contributed by atoms with Crippen LogP contribution >= 0.6 is 10.8 Å². The molecule has 0 spiro atoms. The molecule has 0 saturated heterocycles. The summed E-state index contributed by atoms with van der Waals surface area (Å²) in [6, 6.07) is 0. The molecule has 6 heteroatoms. The molecule has 0 bridgehead atoms. The first kappa shape index (κ1) is 9.45. The molecular weight excluding hydrogens is 173 g/mol.